The minimum atomic E-state index is -0.380. The van der Waals surface area contributed by atoms with Gasteiger partial charge in [-0.15, -0.1) is 0 Å². The molecule has 2 aromatic rings. The van der Waals surface area contributed by atoms with Crippen LogP contribution in [0.4, 0.5) is 5.82 Å². The average Bonchev–Trinajstić information content (AvgIpc) is 2.81. The highest BCUT2D eigenvalue weighted by Gasteiger charge is 2.16. The van der Waals surface area contributed by atoms with Crippen LogP contribution in [-0.4, -0.2) is 26.5 Å². The van der Waals surface area contributed by atoms with E-state index in [-0.39, 0.29) is 11.9 Å². The highest BCUT2D eigenvalue weighted by atomic mass is 16.1. The standard InChI is InChI=1S/C13H19N5O/c1-3-4-5-10(13(14)19)17-12-8-9(2)16-11-6-7-15-18(11)12/h6-8,10,17H,3-5H2,1-2H3,(H2,14,19). The molecule has 3 N–H and O–H groups in total. The molecule has 102 valence electrons. The van der Waals surface area contributed by atoms with Crippen molar-refractivity contribution in [1.29, 1.82) is 0 Å². The Kier molecular flexibility index (Phi) is 3.99. The van der Waals surface area contributed by atoms with Crippen molar-refractivity contribution in [1.82, 2.24) is 14.6 Å². The third kappa shape index (κ3) is 3.01. The number of nitrogens with zero attached hydrogens (tertiary/aromatic N) is 3. The smallest absolute Gasteiger partial charge is 0.239 e. The van der Waals surface area contributed by atoms with Crippen LogP contribution in [0.2, 0.25) is 0 Å². The fourth-order valence-corrected chi connectivity index (χ4v) is 2.01. The van der Waals surface area contributed by atoms with Crippen molar-refractivity contribution in [3.8, 4) is 0 Å². The Balaban J connectivity index is 2.27. The van der Waals surface area contributed by atoms with E-state index in [9.17, 15) is 4.79 Å². The molecule has 0 aliphatic rings. The number of primary amides is 1. The first-order valence-corrected chi connectivity index (χ1v) is 6.49. The number of aryl methyl sites for hydroxylation is 1. The van der Waals surface area contributed by atoms with Crippen molar-refractivity contribution in [2.24, 2.45) is 5.73 Å². The molecule has 0 aliphatic carbocycles. The summed E-state index contributed by atoms with van der Waals surface area (Å²) in [4.78, 5) is 15.8. The van der Waals surface area contributed by atoms with Gasteiger partial charge >= 0.3 is 0 Å². The summed E-state index contributed by atoms with van der Waals surface area (Å²) >= 11 is 0. The fourth-order valence-electron chi connectivity index (χ4n) is 2.01. The van der Waals surface area contributed by atoms with Crippen LogP contribution >= 0.6 is 0 Å². The summed E-state index contributed by atoms with van der Waals surface area (Å²) in [5.41, 5.74) is 7.06. The van der Waals surface area contributed by atoms with Crippen molar-refractivity contribution in [3.63, 3.8) is 0 Å². The Hall–Kier alpha value is -2.11. The number of carbonyl (C=O) groups excluding carboxylic acids is 1. The highest BCUT2D eigenvalue weighted by molar-refractivity contribution is 5.82. The van der Waals surface area contributed by atoms with Crippen molar-refractivity contribution >= 4 is 17.4 Å². The van der Waals surface area contributed by atoms with Gasteiger partial charge in [0.05, 0.1) is 6.20 Å². The Morgan fingerprint density at radius 3 is 3.05 bits per heavy atom. The molecule has 19 heavy (non-hydrogen) atoms. The van der Waals surface area contributed by atoms with Gasteiger partial charge < -0.3 is 11.1 Å². The molecule has 0 fully saturated rings. The van der Waals surface area contributed by atoms with Crippen LogP contribution in [0.3, 0.4) is 0 Å². The van der Waals surface area contributed by atoms with Gasteiger partial charge in [-0.2, -0.15) is 9.61 Å². The third-order valence-electron chi connectivity index (χ3n) is 3.00. The van der Waals surface area contributed by atoms with Crippen LogP contribution in [0.25, 0.3) is 5.65 Å². The summed E-state index contributed by atoms with van der Waals surface area (Å²) in [6.45, 7) is 3.99. The summed E-state index contributed by atoms with van der Waals surface area (Å²) in [6.07, 6.45) is 4.37. The minimum Gasteiger partial charge on any atom is -0.368 e. The maximum atomic E-state index is 11.5. The second-order valence-electron chi connectivity index (χ2n) is 4.63. The number of nitrogens with two attached hydrogens (primary N) is 1. The molecule has 0 saturated carbocycles. The molecule has 2 rings (SSSR count). The zero-order valence-corrected chi connectivity index (χ0v) is 11.3. The lowest BCUT2D eigenvalue weighted by Crippen LogP contribution is -2.36. The monoisotopic (exact) mass is 261 g/mol. The number of nitrogens with one attached hydrogen (secondary N) is 1. The second-order valence-corrected chi connectivity index (χ2v) is 4.63. The van der Waals surface area contributed by atoms with Crippen LogP contribution in [-0.2, 0) is 4.79 Å². The lowest BCUT2D eigenvalue weighted by Gasteiger charge is -2.17. The van der Waals surface area contributed by atoms with Crippen LogP contribution < -0.4 is 11.1 Å². The minimum absolute atomic E-state index is 0.344. The number of carbonyl (C=O) groups is 1. The van der Waals surface area contributed by atoms with E-state index in [0.717, 1.165) is 36.4 Å². The molecule has 0 spiro atoms. The van der Waals surface area contributed by atoms with Gasteiger partial charge in [0.15, 0.2) is 5.65 Å². The molecule has 1 atom stereocenters. The second kappa shape index (κ2) is 5.69. The van der Waals surface area contributed by atoms with Crippen LogP contribution in [0.5, 0.6) is 0 Å². The predicted octanol–water partition coefficient (Wildman–Crippen LogP) is 1.49. The Morgan fingerprint density at radius 1 is 1.58 bits per heavy atom. The van der Waals surface area contributed by atoms with Gasteiger partial charge in [0, 0.05) is 17.8 Å². The summed E-state index contributed by atoms with van der Waals surface area (Å²) in [5.74, 6) is 0.399. The van der Waals surface area contributed by atoms with Crippen LogP contribution in [0, 0.1) is 6.92 Å². The number of hydrogen-bond donors (Lipinski definition) is 2. The summed E-state index contributed by atoms with van der Waals surface area (Å²) in [7, 11) is 0. The van der Waals surface area contributed by atoms with Gasteiger partial charge in [0.25, 0.3) is 0 Å². The average molecular weight is 261 g/mol. The van der Waals surface area contributed by atoms with Gasteiger partial charge in [-0.1, -0.05) is 19.8 Å². The molecule has 6 heteroatoms. The van der Waals surface area contributed by atoms with Crippen molar-refractivity contribution in [2.45, 2.75) is 39.2 Å². The van der Waals surface area contributed by atoms with E-state index in [0.29, 0.717) is 0 Å². The normalized spacial score (nSPS) is 12.5. The summed E-state index contributed by atoms with van der Waals surface area (Å²) in [6, 6.07) is 3.31. The molecule has 1 amide bonds. The number of fused-ring (bicyclic) bond motifs is 1. The molecule has 1 unspecified atom stereocenters. The van der Waals surface area contributed by atoms with E-state index in [1.54, 1.807) is 10.7 Å². The van der Waals surface area contributed by atoms with Crippen LogP contribution in [0.15, 0.2) is 18.3 Å². The molecule has 0 saturated heterocycles. The Morgan fingerprint density at radius 2 is 2.37 bits per heavy atom. The van der Waals surface area contributed by atoms with E-state index < -0.39 is 0 Å². The molecular formula is C13H19N5O. The van der Waals surface area contributed by atoms with E-state index in [4.69, 9.17) is 5.73 Å². The lowest BCUT2D eigenvalue weighted by atomic mass is 10.1. The topological polar surface area (TPSA) is 85.3 Å². The fraction of sp³-hybridized carbons (Fsp3) is 0.462. The number of anilines is 1. The van der Waals surface area contributed by atoms with Gasteiger partial charge in [0.2, 0.25) is 5.91 Å². The summed E-state index contributed by atoms with van der Waals surface area (Å²) in [5, 5.41) is 7.36. The van der Waals surface area contributed by atoms with Gasteiger partial charge in [0.1, 0.15) is 11.9 Å². The third-order valence-corrected chi connectivity index (χ3v) is 3.00. The number of amides is 1. The van der Waals surface area contributed by atoms with E-state index >= 15 is 0 Å². The van der Waals surface area contributed by atoms with Crippen molar-refractivity contribution < 1.29 is 4.79 Å². The maximum absolute atomic E-state index is 11.5. The number of unbranched alkanes of at least 4 members (excludes halogenated alkanes) is 1. The highest BCUT2D eigenvalue weighted by Crippen LogP contribution is 2.14. The van der Waals surface area contributed by atoms with Gasteiger partial charge in [-0.25, -0.2) is 4.98 Å². The van der Waals surface area contributed by atoms with Gasteiger partial charge in [-0.05, 0) is 13.3 Å². The molecule has 6 nitrogen and oxygen atoms in total. The predicted molar refractivity (Wildman–Crippen MR) is 73.9 cm³/mol. The molecule has 0 aliphatic heterocycles. The molecule has 2 heterocycles. The molecule has 0 bridgehead atoms. The first-order chi connectivity index (χ1) is 9.11. The Labute approximate surface area is 112 Å². The Bertz CT molecular complexity index is 577. The SMILES string of the molecule is CCCCC(Nc1cc(C)nc2ccnn12)C(N)=O. The summed E-state index contributed by atoms with van der Waals surface area (Å²) < 4.78 is 1.68. The number of aromatic nitrogens is 3. The quantitative estimate of drug-likeness (QED) is 0.825. The largest absolute Gasteiger partial charge is 0.368 e. The van der Waals surface area contributed by atoms with Crippen molar-refractivity contribution in [3.05, 3.63) is 24.0 Å². The molecular weight excluding hydrogens is 242 g/mol. The maximum Gasteiger partial charge on any atom is 0.239 e. The van der Waals surface area contributed by atoms with E-state index in [1.807, 2.05) is 19.1 Å². The number of rotatable bonds is 6. The molecule has 0 radical (unpaired) electrons. The van der Waals surface area contributed by atoms with E-state index in [1.165, 1.54) is 0 Å². The van der Waals surface area contributed by atoms with Crippen molar-refractivity contribution in [2.75, 3.05) is 5.32 Å². The first-order valence-electron chi connectivity index (χ1n) is 6.49. The zero-order chi connectivity index (χ0) is 13.8. The lowest BCUT2D eigenvalue weighted by molar-refractivity contribution is -0.118. The molecule has 0 aromatic carbocycles. The van der Waals surface area contributed by atoms with Crippen LogP contribution in [0.1, 0.15) is 31.9 Å². The zero-order valence-electron chi connectivity index (χ0n) is 11.3. The first kappa shape index (κ1) is 13.3. The number of hydrogen-bond acceptors (Lipinski definition) is 4. The van der Waals surface area contributed by atoms with Gasteiger partial charge in [-0.3, -0.25) is 4.79 Å². The molecule has 2 aromatic heterocycles. The van der Waals surface area contributed by atoms with E-state index in [2.05, 4.69) is 22.3 Å².